The van der Waals surface area contributed by atoms with Gasteiger partial charge in [-0.2, -0.15) is 0 Å². The van der Waals surface area contributed by atoms with E-state index in [2.05, 4.69) is 25.2 Å². The molecule has 1 aromatic rings. The van der Waals surface area contributed by atoms with Gasteiger partial charge in [-0.15, -0.1) is 0 Å². The number of nitrogens with one attached hydrogen (secondary N) is 1. The summed E-state index contributed by atoms with van der Waals surface area (Å²) in [5, 5.41) is 13.1. The molecule has 120 valence electrons. The molecule has 1 aromatic carbocycles. The summed E-state index contributed by atoms with van der Waals surface area (Å²) in [5.74, 6) is 0. The van der Waals surface area contributed by atoms with Gasteiger partial charge in [-0.05, 0) is 25.0 Å². The summed E-state index contributed by atoms with van der Waals surface area (Å²) in [6.45, 7) is 5.99. The zero-order valence-corrected chi connectivity index (χ0v) is 13.6. The topological polar surface area (TPSA) is 41.5 Å². The van der Waals surface area contributed by atoms with E-state index in [1.54, 1.807) is 0 Å². The number of aryl methyl sites for hydroxylation is 1. The van der Waals surface area contributed by atoms with Gasteiger partial charge in [0.05, 0.1) is 12.7 Å². The molecule has 0 saturated heterocycles. The summed E-state index contributed by atoms with van der Waals surface area (Å²) in [6.07, 6.45) is 7.14. The lowest BCUT2D eigenvalue weighted by atomic mass is 10.1. The van der Waals surface area contributed by atoms with Gasteiger partial charge < -0.3 is 15.2 Å². The Bertz CT molecular complexity index is 368. The number of aliphatic hydroxyl groups is 1. The second kappa shape index (κ2) is 11.6. The number of ether oxygens (including phenoxy) is 1. The molecular weight excluding hydrogens is 262 g/mol. The molecule has 0 spiro atoms. The number of hydrogen-bond donors (Lipinski definition) is 2. The Morgan fingerprint density at radius 1 is 1.10 bits per heavy atom. The highest BCUT2D eigenvalue weighted by Crippen LogP contribution is 2.12. The van der Waals surface area contributed by atoms with Gasteiger partial charge in [0, 0.05) is 18.8 Å². The van der Waals surface area contributed by atoms with Crippen LogP contribution in [0.1, 0.15) is 51.0 Å². The molecule has 0 aliphatic heterocycles. The Labute approximate surface area is 129 Å². The SMILES string of the molecule is CCCCCCCCOCC(O)CNc1ccccc1C. The molecule has 1 atom stereocenters. The standard InChI is InChI=1S/C18H31NO2/c1-3-4-5-6-7-10-13-21-15-17(20)14-19-18-12-9-8-11-16(18)2/h8-9,11-12,17,19-20H,3-7,10,13-15H2,1-2H3. The van der Waals surface area contributed by atoms with Crippen LogP contribution in [0.15, 0.2) is 24.3 Å². The lowest BCUT2D eigenvalue weighted by molar-refractivity contribution is 0.0416. The van der Waals surface area contributed by atoms with Crippen LogP contribution >= 0.6 is 0 Å². The van der Waals surface area contributed by atoms with Crippen LogP contribution in [0.25, 0.3) is 0 Å². The zero-order valence-electron chi connectivity index (χ0n) is 13.6. The summed E-state index contributed by atoms with van der Waals surface area (Å²) in [6, 6.07) is 8.10. The Morgan fingerprint density at radius 3 is 2.57 bits per heavy atom. The summed E-state index contributed by atoms with van der Waals surface area (Å²) in [7, 11) is 0. The van der Waals surface area contributed by atoms with Gasteiger partial charge in [0.2, 0.25) is 0 Å². The highest BCUT2D eigenvalue weighted by Gasteiger charge is 2.05. The first-order valence-corrected chi connectivity index (χ1v) is 8.29. The number of rotatable bonds is 12. The Balaban J connectivity index is 1.99. The van der Waals surface area contributed by atoms with E-state index in [1.165, 1.54) is 37.7 Å². The molecule has 1 rings (SSSR count). The molecule has 3 heteroatoms. The van der Waals surface area contributed by atoms with Crippen LogP contribution in [0.3, 0.4) is 0 Å². The van der Waals surface area contributed by atoms with Crippen molar-refractivity contribution in [2.75, 3.05) is 25.1 Å². The molecule has 3 nitrogen and oxygen atoms in total. The van der Waals surface area contributed by atoms with Crippen LogP contribution in [0.2, 0.25) is 0 Å². The second-order valence-electron chi connectivity index (χ2n) is 5.69. The van der Waals surface area contributed by atoms with Gasteiger partial charge in [0.25, 0.3) is 0 Å². The van der Waals surface area contributed by atoms with Crippen molar-refractivity contribution in [1.82, 2.24) is 0 Å². The number of benzene rings is 1. The van der Waals surface area contributed by atoms with E-state index in [-0.39, 0.29) is 0 Å². The van der Waals surface area contributed by atoms with Crippen LogP contribution in [-0.2, 0) is 4.74 Å². The van der Waals surface area contributed by atoms with Crippen LogP contribution in [0.4, 0.5) is 5.69 Å². The molecule has 2 N–H and O–H groups in total. The van der Waals surface area contributed by atoms with Crippen LogP contribution in [0, 0.1) is 6.92 Å². The average Bonchev–Trinajstić information content (AvgIpc) is 2.49. The first-order valence-electron chi connectivity index (χ1n) is 8.29. The van der Waals surface area contributed by atoms with Crippen LogP contribution < -0.4 is 5.32 Å². The van der Waals surface area contributed by atoms with Crippen LogP contribution in [0.5, 0.6) is 0 Å². The highest BCUT2D eigenvalue weighted by atomic mass is 16.5. The fourth-order valence-electron chi connectivity index (χ4n) is 2.26. The fraction of sp³-hybridized carbons (Fsp3) is 0.667. The Hall–Kier alpha value is -1.06. The normalized spacial score (nSPS) is 12.3. The molecule has 0 bridgehead atoms. The number of hydrogen-bond acceptors (Lipinski definition) is 3. The minimum Gasteiger partial charge on any atom is -0.389 e. The van der Waals surface area contributed by atoms with Crippen molar-refractivity contribution in [3.63, 3.8) is 0 Å². The highest BCUT2D eigenvalue weighted by molar-refractivity contribution is 5.50. The zero-order chi connectivity index (χ0) is 15.3. The molecule has 0 aliphatic rings. The monoisotopic (exact) mass is 293 g/mol. The lowest BCUT2D eigenvalue weighted by Crippen LogP contribution is -2.25. The van der Waals surface area contributed by atoms with Crippen LogP contribution in [-0.4, -0.2) is 31.0 Å². The molecule has 1 unspecified atom stereocenters. The molecule has 0 saturated carbocycles. The van der Waals surface area contributed by atoms with E-state index in [0.717, 1.165) is 18.7 Å². The molecule has 0 amide bonds. The predicted molar refractivity (Wildman–Crippen MR) is 89.9 cm³/mol. The van der Waals surface area contributed by atoms with Crippen molar-refractivity contribution in [3.8, 4) is 0 Å². The number of unbranched alkanes of at least 4 members (excludes halogenated alkanes) is 5. The molecule has 0 heterocycles. The van der Waals surface area contributed by atoms with E-state index in [0.29, 0.717) is 13.2 Å². The fourth-order valence-corrected chi connectivity index (χ4v) is 2.26. The Morgan fingerprint density at radius 2 is 1.81 bits per heavy atom. The Kier molecular flexibility index (Phi) is 9.92. The van der Waals surface area contributed by atoms with Crippen molar-refractivity contribution in [2.24, 2.45) is 0 Å². The van der Waals surface area contributed by atoms with Gasteiger partial charge in [-0.3, -0.25) is 0 Å². The minimum absolute atomic E-state index is 0.411. The predicted octanol–water partition coefficient (Wildman–Crippen LogP) is 4.14. The maximum Gasteiger partial charge on any atom is 0.0945 e. The number of aliphatic hydroxyl groups excluding tert-OH is 1. The van der Waals surface area contributed by atoms with E-state index in [1.807, 2.05) is 18.2 Å². The lowest BCUT2D eigenvalue weighted by Gasteiger charge is -2.14. The van der Waals surface area contributed by atoms with E-state index >= 15 is 0 Å². The van der Waals surface area contributed by atoms with Crippen molar-refractivity contribution in [2.45, 2.75) is 58.5 Å². The summed E-state index contributed by atoms with van der Waals surface area (Å²) in [4.78, 5) is 0. The van der Waals surface area contributed by atoms with Crippen molar-refractivity contribution >= 4 is 5.69 Å². The largest absolute Gasteiger partial charge is 0.389 e. The third-order valence-electron chi connectivity index (χ3n) is 3.63. The summed E-state index contributed by atoms with van der Waals surface area (Å²) >= 11 is 0. The van der Waals surface area contributed by atoms with Crippen molar-refractivity contribution in [1.29, 1.82) is 0 Å². The summed E-state index contributed by atoms with van der Waals surface area (Å²) in [5.41, 5.74) is 2.27. The van der Waals surface area contributed by atoms with Gasteiger partial charge in [-0.25, -0.2) is 0 Å². The molecule has 0 aromatic heterocycles. The van der Waals surface area contributed by atoms with Gasteiger partial charge >= 0.3 is 0 Å². The molecule has 0 radical (unpaired) electrons. The maximum atomic E-state index is 9.89. The summed E-state index contributed by atoms with van der Waals surface area (Å²) < 4.78 is 5.53. The average molecular weight is 293 g/mol. The van der Waals surface area contributed by atoms with Crippen molar-refractivity contribution in [3.05, 3.63) is 29.8 Å². The smallest absolute Gasteiger partial charge is 0.0945 e. The maximum absolute atomic E-state index is 9.89. The third-order valence-corrected chi connectivity index (χ3v) is 3.63. The second-order valence-corrected chi connectivity index (χ2v) is 5.69. The van der Waals surface area contributed by atoms with E-state index in [9.17, 15) is 5.11 Å². The minimum atomic E-state index is -0.454. The van der Waals surface area contributed by atoms with E-state index < -0.39 is 6.10 Å². The number of anilines is 1. The van der Waals surface area contributed by atoms with Gasteiger partial charge in [0.15, 0.2) is 0 Å². The molecule has 0 fully saturated rings. The van der Waals surface area contributed by atoms with Gasteiger partial charge in [-0.1, -0.05) is 57.2 Å². The van der Waals surface area contributed by atoms with Gasteiger partial charge in [0.1, 0.15) is 0 Å². The molecular formula is C18H31NO2. The first kappa shape index (κ1) is 18.0. The molecule has 0 aliphatic carbocycles. The van der Waals surface area contributed by atoms with Crippen molar-refractivity contribution < 1.29 is 9.84 Å². The van der Waals surface area contributed by atoms with E-state index in [4.69, 9.17) is 4.74 Å². The molecule has 21 heavy (non-hydrogen) atoms. The number of para-hydroxylation sites is 1. The third kappa shape index (κ3) is 8.74. The first-order chi connectivity index (χ1) is 10.2. The quantitative estimate of drug-likeness (QED) is 0.569.